The molecule has 0 bridgehead atoms. The van der Waals surface area contributed by atoms with Crippen molar-refractivity contribution in [1.29, 1.82) is 0 Å². The minimum Gasteiger partial charge on any atom is -0.343 e. The zero-order chi connectivity index (χ0) is 12.7. The third-order valence-corrected chi connectivity index (χ3v) is 4.03. The van der Waals surface area contributed by atoms with E-state index in [-0.39, 0.29) is 11.8 Å². The standard InChI is InChI=1S/C14H28N2O/c1-4-12(3)13(5-2)14(17)15-11-16-9-7-6-8-10-16/h12-13H,4-11H2,1-3H3,(H,15,17). The van der Waals surface area contributed by atoms with Crippen LogP contribution in [0.1, 0.15) is 52.9 Å². The maximum Gasteiger partial charge on any atom is 0.224 e. The van der Waals surface area contributed by atoms with Crippen molar-refractivity contribution < 1.29 is 4.79 Å². The molecule has 1 aliphatic rings. The first-order valence-electron chi connectivity index (χ1n) is 7.19. The van der Waals surface area contributed by atoms with Crippen LogP contribution in [-0.4, -0.2) is 30.6 Å². The van der Waals surface area contributed by atoms with E-state index >= 15 is 0 Å². The molecule has 1 saturated heterocycles. The van der Waals surface area contributed by atoms with Crippen LogP contribution in [0.3, 0.4) is 0 Å². The third-order valence-electron chi connectivity index (χ3n) is 4.03. The SMILES string of the molecule is CCC(C)C(CC)C(=O)NCN1CCCCC1. The molecule has 1 aliphatic heterocycles. The highest BCUT2D eigenvalue weighted by Gasteiger charge is 2.22. The molecule has 1 rings (SSSR count). The van der Waals surface area contributed by atoms with Gasteiger partial charge in [-0.15, -0.1) is 0 Å². The number of amides is 1. The van der Waals surface area contributed by atoms with Crippen LogP contribution in [0.2, 0.25) is 0 Å². The van der Waals surface area contributed by atoms with Crippen LogP contribution < -0.4 is 5.32 Å². The van der Waals surface area contributed by atoms with Gasteiger partial charge in [0.1, 0.15) is 0 Å². The molecule has 2 unspecified atom stereocenters. The lowest BCUT2D eigenvalue weighted by atomic mass is 9.89. The molecule has 0 saturated carbocycles. The Morgan fingerprint density at radius 3 is 2.35 bits per heavy atom. The van der Waals surface area contributed by atoms with Gasteiger partial charge in [0.15, 0.2) is 0 Å². The summed E-state index contributed by atoms with van der Waals surface area (Å²) >= 11 is 0. The van der Waals surface area contributed by atoms with Crippen LogP contribution in [0.5, 0.6) is 0 Å². The zero-order valence-corrected chi connectivity index (χ0v) is 11.7. The molecule has 1 heterocycles. The summed E-state index contributed by atoms with van der Waals surface area (Å²) in [6.07, 6.45) is 5.92. The summed E-state index contributed by atoms with van der Waals surface area (Å²) in [7, 11) is 0. The van der Waals surface area contributed by atoms with Crippen LogP contribution in [0.25, 0.3) is 0 Å². The largest absolute Gasteiger partial charge is 0.343 e. The van der Waals surface area contributed by atoms with Crippen LogP contribution in [0.4, 0.5) is 0 Å². The molecule has 0 aromatic rings. The Labute approximate surface area is 106 Å². The normalized spacial score (nSPS) is 20.9. The molecule has 0 radical (unpaired) electrons. The predicted octanol–water partition coefficient (Wildman–Crippen LogP) is 2.62. The second kappa shape index (κ2) is 7.70. The van der Waals surface area contributed by atoms with Crippen LogP contribution in [0, 0.1) is 11.8 Å². The number of carbonyl (C=O) groups is 1. The molecular weight excluding hydrogens is 212 g/mol. The van der Waals surface area contributed by atoms with Gasteiger partial charge in [-0.3, -0.25) is 9.69 Å². The van der Waals surface area contributed by atoms with Crippen molar-refractivity contribution >= 4 is 5.91 Å². The Morgan fingerprint density at radius 1 is 1.18 bits per heavy atom. The molecule has 1 fully saturated rings. The first kappa shape index (κ1) is 14.5. The Morgan fingerprint density at radius 2 is 1.82 bits per heavy atom. The number of likely N-dealkylation sites (tertiary alicyclic amines) is 1. The Kier molecular flexibility index (Phi) is 6.56. The minimum absolute atomic E-state index is 0.185. The topological polar surface area (TPSA) is 32.3 Å². The van der Waals surface area contributed by atoms with Gasteiger partial charge in [-0.2, -0.15) is 0 Å². The van der Waals surface area contributed by atoms with Gasteiger partial charge in [-0.05, 0) is 38.3 Å². The number of piperidine rings is 1. The van der Waals surface area contributed by atoms with Gasteiger partial charge in [-0.25, -0.2) is 0 Å². The summed E-state index contributed by atoms with van der Waals surface area (Å²) in [6.45, 7) is 9.46. The fraction of sp³-hybridized carbons (Fsp3) is 0.929. The van der Waals surface area contributed by atoms with E-state index in [1.165, 1.54) is 19.3 Å². The molecule has 0 spiro atoms. The van der Waals surface area contributed by atoms with Gasteiger partial charge in [0.05, 0.1) is 6.67 Å². The van der Waals surface area contributed by atoms with Crippen LogP contribution >= 0.6 is 0 Å². The fourth-order valence-electron chi connectivity index (χ4n) is 2.57. The maximum atomic E-state index is 12.1. The van der Waals surface area contributed by atoms with Crippen molar-refractivity contribution in [3.63, 3.8) is 0 Å². The molecular formula is C14H28N2O. The van der Waals surface area contributed by atoms with Crippen molar-refractivity contribution in [2.24, 2.45) is 11.8 Å². The average Bonchev–Trinajstić information content (AvgIpc) is 2.38. The average molecular weight is 240 g/mol. The summed E-state index contributed by atoms with van der Waals surface area (Å²) in [5.74, 6) is 0.915. The summed E-state index contributed by atoms with van der Waals surface area (Å²) in [5.41, 5.74) is 0. The highest BCUT2D eigenvalue weighted by molar-refractivity contribution is 5.78. The lowest BCUT2D eigenvalue weighted by molar-refractivity contribution is -0.127. The van der Waals surface area contributed by atoms with Crippen molar-refractivity contribution in [2.45, 2.75) is 52.9 Å². The summed E-state index contributed by atoms with van der Waals surface area (Å²) in [5, 5.41) is 3.11. The molecule has 100 valence electrons. The van der Waals surface area contributed by atoms with Gasteiger partial charge in [0.25, 0.3) is 0 Å². The van der Waals surface area contributed by atoms with E-state index in [0.717, 1.165) is 32.6 Å². The number of rotatable bonds is 6. The molecule has 0 aliphatic carbocycles. The van der Waals surface area contributed by atoms with Crippen molar-refractivity contribution in [2.75, 3.05) is 19.8 Å². The number of hydrogen-bond donors (Lipinski definition) is 1. The minimum atomic E-state index is 0.185. The van der Waals surface area contributed by atoms with E-state index in [1.54, 1.807) is 0 Å². The van der Waals surface area contributed by atoms with E-state index in [1.807, 2.05) is 0 Å². The van der Waals surface area contributed by atoms with E-state index in [9.17, 15) is 4.79 Å². The van der Waals surface area contributed by atoms with E-state index in [2.05, 4.69) is 31.0 Å². The molecule has 3 heteroatoms. The second-order valence-electron chi connectivity index (χ2n) is 5.28. The van der Waals surface area contributed by atoms with Gasteiger partial charge >= 0.3 is 0 Å². The molecule has 0 aromatic heterocycles. The third kappa shape index (κ3) is 4.66. The molecule has 17 heavy (non-hydrogen) atoms. The van der Waals surface area contributed by atoms with Gasteiger partial charge in [0.2, 0.25) is 5.91 Å². The molecule has 0 aromatic carbocycles. The van der Waals surface area contributed by atoms with E-state index in [4.69, 9.17) is 0 Å². The highest BCUT2D eigenvalue weighted by atomic mass is 16.2. The van der Waals surface area contributed by atoms with Gasteiger partial charge < -0.3 is 5.32 Å². The quantitative estimate of drug-likeness (QED) is 0.774. The van der Waals surface area contributed by atoms with Crippen molar-refractivity contribution in [3.8, 4) is 0 Å². The number of hydrogen-bond acceptors (Lipinski definition) is 2. The summed E-state index contributed by atoms with van der Waals surface area (Å²) in [6, 6.07) is 0. The van der Waals surface area contributed by atoms with E-state index < -0.39 is 0 Å². The van der Waals surface area contributed by atoms with Crippen LogP contribution in [0.15, 0.2) is 0 Å². The summed E-state index contributed by atoms with van der Waals surface area (Å²) < 4.78 is 0. The second-order valence-corrected chi connectivity index (χ2v) is 5.28. The number of carbonyl (C=O) groups excluding carboxylic acids is 1. The highest BCUT2D eigenvalue weighted by Crippen LogP contribution is 2.18. The number of nitrogens with zero attached hydrogens (tertiary/aromatic N) is 1. The Balaban J connectivity index is 2.31. The van der Waals surface area contributed by atoms with Crippen molar-refractivity contribution in [1.82, 2.24) is 10.2 Å². The van der Waals surface area contributed by atoms with Gasteiger partial charge in [-0.1, -0.05) is 33.6 Å². The predicted molar refractivity (Wildman–Crippen MR) is 71.7 cm³/mol. The number of nitrogens with one attached hydrogen (secondary N) is 1. The Bertz CT molecular complexity index is 224. The van der Waals surface area contributed by atoms with Crippen LogP contribution in [-0.2, 0) is 4.79 Å². The lowest BCUT2D eigenvalue weighted by Gasteiger charge is -2.28. The molecule has 2 atom stereocenters. The first-order chi connectivity index (χ1) is 8.19. The smallest absolute Gasteiger partial charge is 0.224 e. The monoisotopic (exact) mass is 240 g/mol. The summed E-state index contributed by atoms with van der Waals surface area (Å²) in [4.78, 5) is 14.4. The zero-order valence-electron chi connectivity index (χ0n) is 11.7. The molecule has 3 nitrogen and oxygen atoms in total. The van der Waals surface area contributed by atoms with Crippen molar-refractivity contribution in [3.05, 3.63) is 0 Å². The maximum absolute atomic E-state index is 12.1. The molecule has 1 amide bonds. The Hall–Kier alpha value is -0.570. The van der Waals surface area contributed by atoms with E-state index in [0.29, 0.717) is 5.92 Å². The van der Waals surface area contributed by atoms with Gasteiger partial charge in [0, 0.05) is 5.92 Å². The fourth-order valence-corrected chi connectivity index (χ4v) is 2.57. The molecule has 1 N–H and O–H groups in total. The first-order valence-corrected chi connectivity index (χ1v) is 7.19. The lowest BCUT2D eigenvalue weighted by Crippen LogP contribution is -2.43.